The molecule has 1 aromatic carbocycles. The van der Waals surface area contributed by atoms with Crippen molar-refractivity contribution >= 4 is 11.7 Å². The van der Waals surface area contributed by atoms with Crippen molar-refractivity contribution in [2.24, 2.45) is 5.92 Å². The third-order valence-electron chi connectivity index (χ3n) is 5.40. The second kappa shape index (κ2) is 7.02. The van der Waals surface area contributed by atoms with Gasteiger partial charge in [-0.1, -0.05) is 38.1 Å². The number of carbonyl (C=O) groups is 2. The molecule has 1 heterocycles. The van der Waals surface area contributed by atoms with Crippen molar-refractivity contribution in [3.63, 3.8) is 0 Å². The van der Waals surface area contributed by atoms with E-state index in [0.29, 0.717) is 34.4 Å². The van der Waals surface area contributed by atoms with Crippen LogP contribution in [0, 0.1) is 19.8 Å². The van der Waals surface area contributed by atoms with Gasteiger partial charge in [0.25, 0.3) is 5.91 Å². The zero-order chi connectivity index (χ0) is 19.0. The van der Waals surface area contributed by atoms with E-state index < -0.39 is 0 Å². The maximum absolute atomic E-state index is 12.9. The van der Waals surface area contributed by atoms with Crippen molar-refractivity contribution in [3.8, 4) is 0 Å². The van der Waals surface area contributed by atoms with Crippen LogP contribution in [0.4, 0.5) is 0 Å². The predicted octanol–water partition coefficient (Wildman–Crippen LogP) is 4.52. The summed E-state index contributed by atoms with van der Waals surface area (Å²) < 4.78 is 0. The molecule has 1 aliphatic rings. The molecule has 1 amide bonds. The fourth-order valence-electron chi connectivity index (χ4n) is 3.99. The third kappa shape index (κ3) is 3.28. The van der Waals surface area contributed by atoms with Crippen molar-refractivity contribution in [1.29, 1.82) is 0 Å². The maximum atomic E-state index is 12.9. The molecule has 4 nitrogen and oxygen atoms in total. The van der Waals surface area contributed by atoms with E-state index in [1.807, 2.05) is 13.0 Å². The SMILES string of the molecule is CC(=O)c1cc(C(=O)N[C@H]2C[C@@H](C(C)C)c3ccccc32)c(C)nc1C. The second-order valence-electron chi connectivity index (χ2n) is 7.55. The zero-order valence-corrected chi connectivity index (χ0v) is 16.1. The average Bonchev–Trinajstić information content (AvgIpc) is 2.93. The summed E-state index contributed by atoms with van der Waals surface area (Å²) in [7, 11) is 0. The van der Waals surface area contributed by atoms with Crippen LogP contribution in [0.25, 0.3) is 0 Å². The van der Waals surface area contributed by atoms with Crippen LogP contribution < -0.4 is 5.32 Å². The van der Waals surface area contributed by atoms with Crippen LogP contribution in [0.3, 0.4) is 0 Å². The summed E-state index contributed by atoms with van der Waals surface area (Å²) in [6.07, 6.45) is 0.903. The predicted molar refractivity (Wildman–Crippen MR) is 103 cm³/mol. The van der Waals surface area contributed by atoms with Crippen molar-refractivity contribution in [2.75, 3.05) is 0 Å². The minimum atomic E-state index is -0.165. The van der Waals surface area contributed by atoms with Crippen LogP contribution in [0.15, 0.2) is 30.3 Å². The fourth-order valence-corrected chi connectivity index (χ4v) is 3.99. The number of hydrogen-bond acceptors (Lipinski definition) is 3. The summed E-state index contributed by atoms with van der Waals surface area (Å²) in [5.41, 5.74) is 4.83. The number of amides is 1. The normalized spacial score (nSPS) is 18.7. The van der Waals surface area contributed by atoms with Crippen molar-refractivity contribution in [1.82, 2.24) is 10.3 Å². The molecule has 26 heavy (non-hydrogen) atoms. The van der Waals surface area contributed by atoms with Crippen LogP contribution in [-0.2, 0) is 0 Å². The lowest BCUT2D eigenvalue weighted by Gasteiger charge is -2.17. The zero-order valence-electron chi connectivity index (χ0n) is 16.1. The number of benzene rings is 1. The van der Waals surface area contributed by atoms with Crippen LogP contribution in [0.5, 0.6) is 0 Å². The minimum absolute atomic E-state index is 0.00687. The second-order valence-corrected chi connectivity index (χ2v) is 7.55. The smallest absolute Gasteiger partial charge is 0.253 e. The summed E-state index contributed by atoms with van der Waals surface area (Å²) in [6.45, 7) is 9.55. The van der Waals surface area contributed by atoms with Gasteiger partial charge in [0.2, 0.25) is 0 Å². The molecule has 2 atom stereocenters. The Labute approximate surface area is 155 Å². The summed E-state index contributed by atoms with van der Waals surface area (Å²) in [5.74, 6) is 0.725. The molecule has 1 aromatic heterocycles. The molecule has 0 saturated carbocycles. The first-order valence-corrected chi connectivity index (χ1v) is 9.18. The lowest BCUT2D eigenvalue weighted by Crippen LogP contribution is -2.28. The van der Waals surface area contributed by atoms with E-state index in [9.17, 15) is 9.59 Å². The van der Waals surface area contributed by atoms with Crippen LogP contribution in [-0.4, -0.2) is 16.7 Å². The molecule has 1 aliphatic carbocycles. The number of aryl methyl sites for hydroxylation is 2. The Hall–Kier alpha value is -2.49. The summed E-state index contributed by atoms with van der Waals surface area (Å²) in [4.78, 5) is 29.1. The Morgan fingerprint density at radius 1 is 1.08 bits per heavy atom. The molecule has 0 aliphatic heterocycles. The Kier molecular flexibility index (Phi) is 4.94. The molecule has 0 unspecified atom stereocenters. The Bertz CT molecular complexity index is 870. The summed E-state index contributed by atoms with van der Waals surface area (Å²) >= 11 is 0. The number of hydrogen-bond donors (Lipinski definition) is 1. The number of aromatic nitrogens is 1. The molecule has 1 N–H and O–H groups in total. The Morgan fingerprint density at radius 3 is 2.31 bits per heavy atom. The quantitative estimate of drug-likeness (QED) is 0.825. The van der Waals surface area contributed by atoms with E-state index in [1.54, 1.807) is 13.0 Å². The molecule has 3 rings (SSSR count). The largest absolute Gasteiger partial charge is 0.345 e. The van der Waals surface area contributed by atoms with Crippen molar-refractivity contribution in [2.45, 2.75) is 53.0 Å². The molecule has 136 valence electrons. The van der Waals surface area contributed by atoms with E-state index in [0.717, 1.165) is 6.42 Å². The molecule has 0 bridgehead atoms. The van der Waals surface area contributed by atoms with Gasteiger partial charge in [-0.05, 0) is 56.2 Å². The highest BCUT2D eigenvalue weighted by molar-refractivity contribution is 6.00. The molecular weight excluding hydrogens is 324 g/mol. The monoisotopic (exact) mass is 350 g/mol. The number of carbonyl (C=O) groups excluding carboxylic acids is 2. The number of nitrogens with zero attached hydrogens (tertiary/aromatic N) is 1. The van der Waals surface area contributed by atoms with Gasteiger partial charge in [-0.15, -0.1) is 0 Å². The van der Waals surface area contributed by atoms with E-state index in [1.165, 1.54) is 18.1 Å². The van der Waals surface area contributed by atoms with Gasteiger partial charge in [0.1, 0.15) is 0 Å². The molecule has 0 spiro atoms. The average molecular weight is 350 g/mol. The first-order valence-electron chi connectivity index (χ1n) is 9.18. The van der Waals surface area contributed by atoms with Crippen molar-refractivity contribution < 1.29 is 9.59 Å². The van der Waals surface area contributed by atoms with E-state index >= 15 is 0 Å². The lowest BCUT2D eigenvalue weighted by molar-refractivity contribution is 0.0934. The first kappa shape index (κ1) is 18.3. The summed E-state index contributed by atoms with van der Waals surface area (Å²) in [6, 6.07) is 10.0. The molecule has 0 saturated heterocycles. The maximum Gasteiger partial charge on any atom is 0.253 e. The lowest BCUT2D eigenvalue weighted by atomic mass is 9.90. The van der Waals surface area contributed by atoms with Crippen LogP contribution in [0.2, 0.25) is 0 Å². The Morgan fingerprint density at radius 2 is 1.69 bits per heavy atom. The van der Waals surface area contributed by atoms with Gasteiger partial charge < -0.3 is 5.32 Å². The van der Waals surface area contributed by atoms with E-state index in [2.05, 4.69) is 42.3 Å². The fraction of sp³-hybridized carbons (Fsp3) is 0.409. The highest BCUT2D eigenvalue weighted by Crippen LogP contribution is 2.44. The van der Waals surface area contributed by atoms with Gasteiger partial charge >= 0.3 is 0 Å². The minimum Gasteiger partial charge on any atom is -0.345 e. The van der Waals surface area contributed by atoms with Gasteiger partial charge in [-0.2, -0.15) is 0 Å². The third-order valence-corrected chi connectivity index (χ3v) is 5.40. The molecular formula is C22H26N2O2. The Balaban J connectivity index is 1.90. The standard InChI is InChI=1S/C22H26N2O2/c1-12(2)18-11-21(17-9-7-6-8-16(17)18)24-22(26)20-10-19(15(5)25)13(3)23-14(20)4/h6-10,12,18,21H,11H2,1-5H3,(H,24,26)/t18-,21-/m0/s1. The van der Waals surface area contributed by atoms with Gasteiger partial charge in [0.15, 0.2) is 5.78 Å². The highest BCUT2D eigenvalue weighted by atomic mass is 16.1. The highest BCUT2D eigenvalue weighted by Gasteiger charge is 2.33. The van der Waals surface area contributed by atoms with E-state index in [-0.39, 0.29) is 17.7 Å². The van der Waals surface area contributed by atoms with Gasteiger partial charge in [-0.3, -0.25) is 14.6 Å². The number of fused-ring (bicyclic) bond motifs is 1. The molecule has 4 heteroatoms. The number of Topliss-reactive ketones (excluding diaryl/α,β-unsaturated/α-hetero) is 1. The topological polar surface area (TPSA) is 59.1 Å². The van der Waals surface area contributed by atoms with Crippen molar-refractivity contribution in [3.05, 3.63) is 64.0 Å². The summed E-state index contributed by atoms with van der Waals surface area (Å²) in [5, 5.41) is 3.17. The number of nitrogens with one attached hydrogen (secondary N) is 1. The molecule has 0 radical (unpaired) electrons. The number of rotatable bonds is 4. The molecule has 2 aromatic rings. The van der Waals surface area contributed by atoms with Crippen LogP contribution >= 0.6 is 0 Å². The van der Waals surface area contributed by atoms with Gasteiger partial charge in [0.05, 0.1) is 17.3 Å². The van der Waals surface area contributed by atoms with Gasteiger partial charge in [0, 0.05) is 11.3 Å². The number of pyridine rings is 1. The first-order chi connectivity index (χ1) is 12.3. The van der Waals surface area contributed by atoms with E-state index in [4.69, 9.17) is 0 Å². The van der Waals surface area contributed by atoms with Crippen LogP contribution in [0.1, 0.15) is 82.4 Å². The van der Waals surface area contributed by atoms with Gasteiger partial charge in [-0.25, -0.2) is 0 Å². The number of ketones is 1. The molecule has 0 fully saturated rings.